The molecule has 0 aromatic rings. The van der Waals surface area contributed by atoms with Gasteiger partial charge in [-0.25, -0.2) is 0 Å². The standard InChI is InChI=1S/C14H28N4O/c1-3-6-16-14(13(15)19,12-4-5-12)11-18-9-7-17(2)8-10-18/h12,16H,3-11H2,1-2H3,(H2,15,19). The molecule has 1 saturated carbocycles. The molecule has 1 aliphatic heterocycles. The Bertz CT molecular complexity index is 311. The quantitative estimate of drug-likeness (QED) is 0.675. The Morgan fingerprint density at radius 3 is 2.42 bits per heavy atom. The normalized spacial score (nSPS) is 25.2. The summed E-state index contributed by atoms with van der Waals surface area (Å²) in [4.78, 5) is 16.8. The van der Waals surface area contributed by atoms with E-state index in [2.05, 4.69) is 29.1 Å². The lowest BCUT2D eigenvalue weighted by Gasteiger charge is -2.40. The second-order valence-corrected chi connectivity index (χ2v) is 6.12. The van der Waals surface area contributed by atoms with Gasteiger partial charge in [-0.15, -0.1) is 0 Å². The number of likely N-dealkylation sites (N-methyl/N-ethyl adjacent to an activating group) is 1. The lowest BCUT2D eigenvalue weighted by molar-refractivity contribution is -0.126. The van der Waals surface area contributed by atoms with E-state index in [9.17, 15) is 4.79 Å². The van der Waals surface area contributed by atoms with E-state index in [0.717, 1.165) is 58.5 Å². The van der Waals surface area contributed by atoms with Gasteiger partial charge in [-0.1, -0.05) is 6.92 Å². The van der Waals surface area contributed by atoms with Crippen molar-refractivity contribution in [2.45, 2.75) is 31.7 Å². The first kappa shape index (κ1) is 14.8. The third-order valence-electron chi connectivity index (χ3n) is 4.47. The first-order valence-corrected chi connectivity index (χ1v) is 7.54. The molecule has 1 aliphatic carbocycles. The van der Waals surface area contributed by atoms with Crippen molar-refractivity contribution in [3.63, 3.8) is 0 Å². The van der Waals surface area contributed by atoms with Crippen molar-refractivity contribution in [3.8, 4) is 0 Å². The van der Waals surface area contributed by atoms with E-state index in [1.54, 1.807) is 0 Å². The van der Waals surface area contributed by atoms with Crippen LogP contribution in [0.4, 0.5) is 0 Å². The molecule has 5 nitrogen and oxygen atoms in total. The summed E-state index contributed by atoms with van der Waals surface area (Å²) in [6, 6.07) is 0. The molecule has 0 radical (unpaired) electrons. The number of hydrogen-bond acceptors (Lipinski definition) is 4. The van der Waals surface area contributed by atoms with Crippen molar-refractivity contribution in [2.24, 2.45) is 11.7 Å². The largest absolute Gasteiger partial charge is 0.368 e. The molecule has 2 fully saturated rings. The molecule has 0 spiro atoms. The molecule has 2 aliphatic rings. The van der Waals surface area contributed by atoms with Crippen LogP contribution in [0, 0.1) is 5.92 Å². The number of carbonyl (C=O) groups is 1. The molecule has 1 amide bonds. The Morgan fingerprint density at radius 1 is 1.32 bits per heavy atom. The van der Waals surface area contributed by atoms with Crippen LogP contribution in [0.15, 0.2) is 0 Å². The summed E-state index contributed by atoms with van der Waals surface area (Å²) in [5.74, 6) is 0.276. The van der Waals surface area contributed by atoms with Crippen molar-refractivity contribution in [3.05, 3.63) is 0 Å². The summed E-state index contributed by atoms with van der Waals surface area (Å²) in [5.41, 5.74) is 5.27. The molecular formula is C14H28N4O. The van der Waals surface area contributed by atoms with Gasteiger partial charge in [0.1, 0.15) is 5.54 Å². The van der Waals surface area contributed by atoms with Crippen molar-refractivity contribution in [1.82, 2.24) is 15.1 Å². The van der Waals surface area contributed by atoms with Gasteiger partial charge < -0.3 is 16.0 Å². The van der Waals surface area contributed by atoms with Gasteiger partial charge in [0.05, 0.1) is 0 Å². The average Bonchev–Trinajstić information content (AvgIpc) is 3.21. The molecule has 19 heavy (non-hydrogen) atoms. The van der Waals surface area contributed by atoms with Gasteiger partial charge in [-0.2, -0.15) is 0 Å². The smallest absolute Gasteiger partial charge is 0.239 e. The highest BCUT2D eigenvalue weighted by molar-refractivity contribution is 5.86. The van der Waals surface area contributed by atoms with Gasteiger partial charge in [0.25, 0.3) is 0 Å². The monoisotopic (exact) mass is 268 g/mol. The van der Waals surface area contributed by atoms with E-state index in [1.807, 2.05) is 0 Å². The highest BCUT2D eigenvalue weighted by Crippen LogP contribution is 2.40. The molecule has 5 heteroatoms. The lowest BCUT2D eigenvalue weighted by atomic mass is 9.90. The molecule has 1 unspecified atom stereocenters. The summed E-state index contributed by atoms with van der Waals surface area (Å²) in [5, 5.41) is 3.47. The molecule has 1 saturated heterocycles. The molecule has 1 atom stereocenters. The van der Waals surface area contributed by atoms with Crippen LogP contribution >= 0.6 is 0 Å². The summed E-state index contributed by atoms with van der Waals surface area (Å²) < 4.78 is 0. The van der Waals surface area contributed by atoms with Crippen LogP contribution in [0.25, 0.3) is 0 Å². The Balaban J connectivity index is 2.01. The van der Waals surface area contributed by atoms with Gasteiger partial charge in [-0.05, 0) is 38.8 Å². The van der Waals surface area contributed by atoms with Gasteiger partial charge >= 0.3 is 0 Å². The molecule has 2 rings (SSSR count). The minimum absolute atomic E-state index is 0.164. The zero-order chi connectivity index (χ0) is 13.9. The summed E-state index contributed by atoms with van der Waals surface area (Å²) in [6.45, 7) is 7.99. The van der Waals surface area contributed by atoms with Crippen LogP contribution in [-0.4, -0.2) is 67.6 Å². The highest BCUT2D eigenvalue weighted by Gasteiger charge is 2.50. The number of carbonyl (C=O) groups excluding carboxylic acids is 1. The molecule has 1 heterocycles. The topological polar surface area (TPSA) is 61.6 Å². The summed E-state index contributed by atoms with van der Waals surface area (Å²) >= 11 is 0. The third kappa shape index (κ3) is 3.46. The Labute approximate surface area is 116 Å². The Kier molecular flexibility index (Phi) is 4.81. The van der Waals surface area contributed by atoms with Crippen LogP contribution < -0.4 is 11.1 Å². The number of nitrogens with zero attached hydrogens (tertiary/aromatic N) is 2. The van der Waals surface area contributed by atoms with Crippen molar-refractivity contribution in [1.29, 1.82) is 0 Å². The van der Waals surface area contributed by atoms with Gasteiger partial charge in [0, 0.05) is 32.7 Å². The van der Waals surface area contributed by atoms with Crippen LogP contribution in [0.2, 0.25) is 0 Å². The third-order valence-corrected chi connectivity index (χ3v) is 4.47. The Morgan fingerprint density at radius 2 is 1.95 bits per heavy atom. The highest BCUT2D eigenvalue weighted by atomic mass is 16.1. The predicted octanol–water partition coefficient (Wildman–Crippen LogP) is -0.132. The van der Waals surface area contributed by atoms with E-state index in [-0.39, 0.29) is 5.91 Å². The molecule has 3 N–H and O–H groups in total. The minimum atomic E-state index is -0.494. The molecule has 0 aromatic heterocycles. The number of amides is 1. The van der Waals surface area contributed by atoms with E-state index in [4.69, 9.17) is 5.73 Å². The predicted molar refractivity (Wildman–Crippen MR) is 76.9 cm³/mol. The lowest BCUT2D eigenvalue weighted by Crippen LogP contribution is -2.64. The molecule has 110 valence electrons. The van der Waals surface area contributed by atoms with Crippen molar-refractivity contribution < 1.29 is 4.79 Å². The number of nitrogens with one attached hydrogen (secondary N) is 1. The first-order chi connectivity index (χ1) is 9.08. The maximum Gasteiger partial charge on any atom is 0.239 e. The maximum absolute atomic E-state index is 12.1. The minimum Gasteiger partial charge on any atom is -0.368 e. The summed E-state index contributed by atoms with van der Waals surface area (Å²) in [7, 11) is 2.15. The van der Waals surface area contributed by atoms with E-state index in [0.29, 0.717) is 5.92 Å². The number of piperazine rings is 1. The second kappa shape index (κ2) is 6.20. The zero-order valence-corrected chi connectivity index (χ0v) is 12.3. The van der Waals surface area contributed by atoms with Crippen molar-refractivity contribution in [2.75, 3.05) is 46.3 Å². The summed E-state index contributed by atoms with van der Waals surface area (Å²) in [6.07, 6.45) is 3.30. The van der Waals surface area contributed by atoms with E-state index >= 15 is 0 Å². The van der Waals surface area contributed by atoms with Gasteiger partial charge in [-0.3, -0.25) is 9.69 Å². The van der Waals surface area contributed by atoms with Crippen LogP contribution in [0.5, 0.6) is 0 Å². The van der Waals surface area contributed by atoms with Crippen molar-refractivity contribution >= 4 is 5.91 Å². The maximum atomic E-state index is 12.1. The zero-order valence-electron chi connectivity index (χ0n) is 12.3. The SMILES string of the molecule is CCCNC(CN1CCN(C)CC1)(C(N)=O)C1CC1. The molecule has 0 aromatic carbocycles. The first-order valence-electron chi connectivity index (χ1n) is 7.54. The molecular weight excluding hydrogens is 240 g/mol. The van der Waals surface area contributed by atoms with Gasteiger partial charge in [0.15, 0.2) is 0 Å². The van der Waals surface area contributed by atoms with Gasteiger partial charge in [0.2, 0.25) is 5.91 Å². The van der Waals surface area contributed by atoms with Crippen LogP contribution in [-0.2, 0) is 4.79 Å². The van der Waals surface area contributed by atoms with E-state index < -0.39 is 5.54 Å². The number of nitrogens with two attached hydrogens (primary N) is 1. The fraction of sp³-hybridized carbons (Fsp3) is 0.929. The average molecular weight is 268 g/mol. The number of hydrogen-bond donors (Lipinski definition) is 2. The van der Waals surface area contributed by atoms with Crippen LogP contribution in [0.1, 0.15) is 26.2 Å². The second-order valence-electron chi connectivity index (χ2n) is 6.12. The Hall–Kier alpha value is -0.650. The van der Waals surface area contributed by atoms with E-state index in [1.165, 1.54) is 0 Å². The fourth-order valence-corrected chi connectivity index (χ4v) is 2.98. The van der Waals surface area contributed by atoms with Crippen LogP contribution in [0.3, 0.4) is 0 Å². The number of rotatable bonds is 7. The number of primary amides is 1. The molecule has 0 bridgehead atoms. The fourth-order valence-electron chi connectivity index (χ4n) is 2.98.